The van der Waals surface area contributed by atoms with Gasteiger partial charge in [-0.2, -0.15) is 5.26 Å². The molecule has 1 N–H and O–H groups in total. The van der Waals surface area contributed by atoms with Crippen LogP contribution in [0.4, 0.5) is 0 Å². The minimum absolute atomic E-state index is 0.313. The zero-order valence-corrected chi connectivity index (χ0v) is 11.7. The van der Waals surface area contributed by atoms with Gasteiger partial charge in [0.05, 0.1) is 17.7 Å². The fraction of sp³-hybridized carbons (Fsp3) is 0.562. The van der Waals surface area contributed by atoms with Crippen LogP contribution in [0.3, 0.4) is 0 Å². The molecule has 0 radical (unpaired) electrons. The molecular weight excluding hydrogens is 236 g/mol. The van der Waals surface area contributed by atoms with Gasteiger partial charge in [0.1, 0.15) is 0 Å². The molecule has 1 saturated heterocycles. The van der Waals surface area contributed by atoms with Crippen LogP contribution < -0.4 is 5.32 Å². The first-order valence-electron chi connectivity index (χ1n) is 7.10. The van der Waals surface area contributed by atoms with E-state index >= 15 is 0 Å². The van der Waals surface area contributed by atoms with Gasteiger partial charge in [0.15, 0.2) is 0 Å². The van der Waals surface area contributed by atoms with Crippen molar-refractivity contribution in [1.82, 2.24) is 5.32 Å². The Morgan fingerprint density at radius 2 is 2.16 bits per heavy atom. The molecule has 1 aliphatic heterocycles. The highest BCUT2D eigenvalue weighted by atomic mass is 16.5. The number of rotatable bonds is 4. The van der Waals surface area contributed by atoms with Crippen molar-refractivity contribution in [1.29, 1.82) is 5.26 Å². The molecule has 3 unspecified atom stereocenters. The molecule has 3 heteroatoms. The van der Waals surface area contributed by atoms with E-state index in [1.54, 1.807) is 0 Å². The van der Waals surface area contributed by atoms with Gasteiger partial charge in [-0.3, -0.25) is 0 Å². The van der Waals surface area contributed by atoms with Crippen molar-refractivity contribution in [3.63, 3.8) is 0 Å². The predicted octanol–water partition coefficient (Wildman–Crippen LogP) is 3.17. The van der Waals surface area contributed by atoms with E-state index in [1.807, 2.05) is 24.3 Å². The maximum atomic E-state index is 8.80. The van der Waals surface area contributed by atoms with E-state index in [9.17, 15) is 0 Å². The van der Waals surface area contributed by atoms with Crippen LogP contribution in [-0.4, -0.2) is 18.8 Å². The maximum Gasteiger partial charge on any atom is 0.0991 e. The lowest BCUT2D eigenvalue weighted by Crippen LogP contribution is -2.39. The third-order valence-corrected chi connectivity index (χ3v) is 3.85. The van der Waals surface area contributed by atoms with E-state index < -0.39 is 0 Å². The van der Waals surface area contributed by atoms with Crippen molar-refractivity contribution in [2.75, 3.05) is 6.61 Å². The van der Waals surface area contributed by atoms with Gasteiger partial charge in [-0.25, -0.2) is 0 Å². The summed E-state index contributed by atoms with van der Waals surface area (Å²) in [7, 11) is 0. The summed E-state index contributed by atoms with van der Waals surface area (Å²) in [4.78, 5) is 0. The predicted molar refractivity (Wildman–Crippen MR) is 75.8 cm³/mol. The number of hydrogen-bond acceptors (Lipinski definition) is 3. The minimum atomic E-state index is 0.313. The van der Waals surface area contributed by atoms with Crippen LogP contribution in [0, 0.1) is 11.3 Å². The zero-order valence-electron chi connectivity index (χ0n) is 11.7. The molecule has 102 valence electrons. The molecule has 19 heavy (non-hydrogen) atoms. The molecule has 0 aromatic heterocycles. The SMILES string of the molecule is CCC1CC(NC(C)c2ccc(C#N)cc2)CCO1. The van der Waals surface area contributed by atoms with Gasteiger partial charge in [-0.15, -0.1) is 0 Å². The Kier molecular flexibility index (Phi) is 4.95. The Balaban J connectivity index is 1.92. The van der Waals surface area contributed by atoms with Gasteiger partial charge >= 0.3 is 0 Å². The first kappa shape index (κ1) is 14.0. The van der Waals surface area contributed by atoms with Crippen LogP contribution in [0.1, 0.15) is 50.3 Å². The lowest BCUT2D eigenvalue weighted by atomic mass is 9.99. The highest BCUT2D eigenvalue weighted by Gasteiger charge is 2.22. The molecule has 1 fully saturated rings. The third kappa shape index (κ3) is 3.79. The Morgan fingerprint density at radius 1 is 1.42 bits per heavy atom. The molecular formula is C16H22N2O. The highest BCUT2D eigenvalue weighted by molar-refractivity contribution is 5.32. The van der Waals surface area contributed by atoms with E-state index in [1.165, 1.54) is 5.56 Å². The van der Waals surface area contributed by atoms with E-state index in [4.69, 9.17) is 10.00 Å². The summed E-state index contributed by atoms with van der Waals surface area (Å²) >= 11 is 0. The number of nitriles is 1. The first-order valence-corrected chi connectivity index (χ1v) is 7.10. The van der Waals surface area contributed by atoms with Gasteiger partial charge in [0.2, 0.25) is 0 Å². The summed E-state index contributed by atoms with van der Waals surface area (Å²) in [5, 5.41) is 12.5. The fourth-order valence-electron chi connectivity index (χ4n) is 2.61. The van der Waals surface area contributed by atoms with Gasteiger partial charge in [0, 0.05) is 18.7 Å². The van der Waals surface area contributed by atoms with Crippen LogP contribution in [0.5, 0.6) is 0 Å². The summed E-state index contributed by atoms with van der Waals surface area (Å²) in [6, 6.07) is 10.8. The highest BCUT2D eigenvalue weighted by Crippen LogP contribution is 2.20. The number of nitrogens with zero attached hydrogens (tertiary/aromatic N) is 1. The molecule has 0 aliphatic carbocycles. The first-order chi connectivity index (χ1) is 9.22. The van der Waals surface area contributed by atoms with Crippen LogP contribution in [0.2, 0.25) is 0 Å². The average molecular weight is 258 g/mol. The standard InChI is InChI=1S/C16H22N2O/c1-3-16-10-15(8-9-19-16)18-12(2)14-6-4-13(11-17)5-7-14/h4-7,12,15-16,18H,3,8-10H2,1-2H3. The summed E-state index contributed by atoms with van der Waals surface area (Å²) in [6.07, 6.45) is 3.66. The van der Waals surface area contributed by atoms with Crippen molar-refractivity contribution in [3.8, 4) is 6.07 Å². The van der Waals surface area contributed by atoms with Gasteiger partial charge in [-0.05, 0) is 43.9 Å². The largest absolute Gasteiger partial charge is 0.378 e. The number of benzene rings is 1. The average Bonchev–Trinajstić information content (AvgIpc) is 2.47. The van der Waals surface area contributed by atoms with E-state index in [-0.39, 0.29) is 0 Å². The Hall–Kier alpha value is -1.37. The van der Waals surface area contributed by atoms with Gasteiger partial charge < -0.3 is 10.1 Å². The second-order valence-electron chi connectivity index (χ2n) is 5.24. The van der Waals surface area contributed by atoms with Crippen molar-refractivity contribution in [2.24, 2.45) is 0 Å². The molecule has 0 amide bonds. The van der Waals surface area contributed by atoms with Crippen molar-refractivity contribution in [2.45, 2.75) is 51.3 Å². The summed E-state index contributed by atoms with van der Waals surface area (Å²) < 4.78 is 5.70. The molecule has 3 atom stereocenters. The normalized spacial score (nSPS) is 24.7. The smallest absolute Gasteiger partial charge is 0.0991 e. The molecule has 1 aliphatic rings. The maximum absolute atomic E-state index is 8.80. The van der Waals surface area contributed by atoms with Crippen LogP contribution >= 0.6 is 0 Å². The lowest BCUT2D eigenvalue weighted by molar-refractivity contribution is -0.00165. The number of ether oxygens (including phenoxy) is 1. The monoisotopic (exact) mass is 258 g/mol. The molecule has 0 bridgehead atoms. The second kappa shape index (κ2) is 6.70. The van der Waals surface area contributed by atoms with Crippen molar-refractivity contribution < 1.29 is 4.74 Å². The molecule has 1 aromatic rings. The van der Waals surface area contributed by atoms with E-state index in [0.29, 0.717) is 23.8 Å². The van der Waals surface area contributed by atoms with Gasteiger partial charge in [0.25, 0.3) is 0 Å². The Morgan fingerprint density at radius 3 is 2.79 bits per heavy atom. The third-order valence-electron chi connectivity index (χ3n) is 3.85. The van der Waals surface area contributed by atoms with Gasteiger partial charge in [-0.1, -0.05) is 19.1 Å². The van der Waals surface area contributed by atoms with Crippen molar-refractivity contribution >= 4 is 0 Å². The van der Waals surface area contributed by atoms with Crippen LogP contribution in [0.15, 0.2) is 24.3 Å². The summed E-state index contributed by atoms with van der Waals surface area (Å²) in [6.45, 7) is 5.21. The summed E-state index contributed by atoms with van der Waals surface area (Å²) in [5.74, 6) is 0. The van der Waals surface area contributed by atoms with Crippen molar-refractivity contribution in [3.05, 3.63) is 35.4 Å². The zero-order chi connectivity index (χ0) is 13.7. The molecule has 0 spiro atoms. The van der Waals surface area contributed by atoms with Crippen LogP contribution in [0.25, 0.3) is 0 Å². The second-order valence-corrected chi connectivity index (χ2v) is 5.24. The van der Waals surface area contributed by atoms with Crippen LogP contribution in [-0.2, 0) is 4.74 Å². The lowest BCUT2D eigenvalue weighted by Gasteiger charge is -2.31. The molecule has 0 saturated carbocycles. The Labute approximate surface area is 115 Å². The Bertz CT molecular complexity index is 435. The molecule has 1 heterocycles. The molecule has 3 nitrogen and oxygen atoms in total. The summed E-state index contributed by atoms with van der Waals surface area (Å²) in [5.41, 5.74) is 1.95. The quantitative estimate of drug-likeness (QED) is 0.902. The topological polar surface area (TPSA) is 45.0 Å². The fourth-order valence-corrected chi connectivity index (χ4v) is 2.61. The van der Waals surface area contributed by atoms with E-state index in [0.717, 1.165) is 25.9 Å². The number of nitrogens with one attached hydrogen (secondary N) is 1. The minimum Gasteiger partial charge on any atom is -0.378 e. The van der Waals surface area contributed by atoms with E-state index in [2.05, 4.69) is 25.2 Å². The molecule has 2 rings (SSSR count). The number of hydrogen-bond donors (Lipinski definition) is 1. The molecule has 1 aromatic carbocycles.